The van der Waals surface area contributed by atoms with Crippen molar-refractivity contribution in [3.8, 4) is 5.75 Å². The SMILES string of the molecule is O=C(O)c1ccc(S(=O)(=O)N(Cc2ccc(OC(F)(F)F)cc2)c2cc3c(Cl)cccc3cn2)cc1. The summed E-state index contributed by atoms with van der Waals surface area (Å²) < 4.78 is 69.6. The van der Waals surface area contributed by atoms with Crippen LogP contribution in [-0.4, -0.2) is 30.8 Å². The molecule has 0 aliphatic rings. The van der Waals surface area contributed by atoms with E-state index in [2.05, 4.69) is 9.72 Å². The number of halogens is 4. The first-order valence-corrected chi connectivity index (χ1v) is 12.0. The van der Waals surface area contributed by atoms with Crippen LogP contribution in [0.15, 0.2) is 83.9 Å². The van der Waals surface area contributed by atoms with Crippen LogP contribution in [0, 0.1) is 0 Å². The summed E-state index contributed by atoms with van der Waals surface area (Å²) in [5.41, 5.74) is 0.243. The van der Waals surface area contributed by atoms with E-state index in [9.17, 15) is 26.4 Å². The number of aromatic nitrogens is 1. The number of carbonyl (C=O) groups is 1. The summed E-state index contributed by atoms with van der Waals surface area (Å²) in [6.45, 7) is -0.293. The molecule has 4 rings (SSSR count). The molecule has 0 bridgehead atoms. The molecule has 0 aliphatic heterocycles. The third-order valence-corrected chi connectivity index (χ3v) is 7.22. The molecule has 36 heavy (non-hydrogen) atoms. The topological polar surface area (TPSA) is 96.8 Å². The number of fused-ring (bicyclic) bond motifs is 1. The summed E-state index contributed by atoms with van der Waals surface area (Å²) in [6, 6.07) is 15.9. The van der Waals surface area contributed by atoms with E-state index in [1.807, 2.05) is 0 Å². The predicted molar refractivity (Wildman–Crippen MR) is 127 cm³/mol. The van der Waals surface area contributed by atoms with Gasteiger partial charge in [0.15, 0.2) is 0 Å². The van der Waals surface area contributed by atoms with Gasteiger partial charge in [-0.25, -0.2) is 22.5 Å². The van der Waals surface area contributed by atoms with Gasteiger partial charge in [-0.15, -0.1) is 13.2 Å². The maximum atomic E-state index is 13.6. The van der Waals surface area contributed by atoms with Crippen LogP contribution in [-0.2, 0) is 16.6 Å². The van der Waals surface area contributed by atoms with Crippen molar-refractivity contribution in [3.05, 3.63) is 95.1 Å². The highest BCUT2D eigenvalue weighted by molar-refractivity contribution is 7.92. The van der Waals surface area contributed by atoms with Crippen molar-refractivity contribution < 1.29 is 36.2 Å². The zero-order valence-electron chi connectivity index (χ0n) is 18.1. The van der Waals surface area contributed by atoms with Crippen LogP contribution in [0.25, 0.3) is 10.8 Å². The second-order valence-electron chi connectivity index (χ2n) is 7.54. The van der Waals surface area contributed by atoms with E-state index >= 15 is 0 Å². The van der Waals surface area contributed by atoms with Crippen LogP contribution in [0.1, 0.15) is 15.9 Å². The predicted octanol–water partition coefficient (Wildman–Crippen LogP) is 5.88. The van der Waals surface area contributed by atoms with Crippen molar-refractivity contribution in [2.45, 2.75) is 17.8 Å². The van der Waals surface area contributed by atoms with E-state index in [0.717, 1.165) is 40.7 Å². The average Bonchev–Trinajstić information content (AvgIpc) is 2.83. The minimum absolute atomic E-state index is 0.00790. The van der Waals surface area contributed by atoms with Crippen molar-refractivity contribution in [2.75, 3.05) is 4.31 Å². The Bertz CT molecular complexity index is 1530. The molecule has 4 aromatic rings. The fourth-order valence-corrected chi connectivity index (χ4v) is 5.04. The largest absolute Gasteiger partial charge is 0.573 e. The standard InChI is InChI=1S/C24H16ClF3N2O5S/c25-21-3-1-2-17-13-29-22(12-20(17)21)30(14-15-4-8-18(9-5-15)35-24(26,27)28)36(33,34)19-10-6-16(7-11-19)23(31)32/h1-13H,14H2,(H,31,32). The van der Waals surface area contributed by atoms with Gasteiger partial charge < -0.3 is 9.84 Å². The molecule has 1 N–H and O–H groups in total. The zero-order chi connectivity index (χ0) is 26.1. The lowest BCUT2D eigenvalue weighted by molar-refractivity contribution is -0.274. The van der Waals surface area contributed by atoms with Gasteiger partial charge in [0, 0.05) is 22.0 Å². The average molecular weight is 537 g/mol. The van der Waals surface area contributed by atoms with Gasteiger partial charge in [0.2, 0.25) is 0 Å². The lowest BCUT2D eigenvalue weighted by atomic mass is 10.1. The summed E-state index contributed by atoms with van der Waals surface area (Å²) >= 11 is 6.29. The Balaban J connectivity index is 1.77. The van der Waals surface area contributed by atoms with Crippen molar-refractivity contribution in [1.82, 2.24) is 4.98 Å². The fraction of sp³-hybridized carbons (Fsp3) is 0.0833. The van der Waals surface area contributed by atoms with Gasteiger partial charge in [0.05, 0.1) is 17.0 Å². The molecular weight excluding hydrogens is 521 g/mol. The summed E-state index contributed by atoms with van der Waals surface area (Å²) in [5, 5.41) is 10.7. The minimum Gasteiger partial charge on any atom is -0.478 e. The van der Waals surface area contributed by atoms with E-state index in [1.165, 1.54) is 24.4 Å². The first-order valence-electron chi connectivity index (χ1n) is 10.2. The van der Waals surface area contributed by atoms with E-state index in [-0.39, 0.29) is 22.8 Å². The van der Waals surface area contributed by atoms with E-state index in [4.69, 9.17) is 16.7 Å². The molecule has 0 saturated carbocycles. The highest BCUT2D eigenvalue weighted by Crippen LogP contribution is 2.31. The molecule has 1 heterocycles. The van der Waals surface area contributed by atoms with Crippen LogP contribution in [0.3, 0.4) is 0 Å². The summed E-state index contributed by atoms with van der Waals surface area (Å²) in [5.74, 6) is -1.67. The number of benzene rings is 3. The van der Waals surface area contributed by atoms with Crippen LogP contribution in [0.2, 0.25) is 5.02 Å². The van der Waals surface area contributed by atoms with Gasteiger partial charge >= 0.3 is 12.3 Å². The fourth-order valence-electron chi connectivity index (χ4n) is 3.41. The summed E-state index contributed by atoms with van der Waals surface area (Å²) in [4.78, 5) is 15.2. The van der Waals surface area contributed by atoms with Crippen LogP contribution in [0.4, 0.5) is 19.0 Å². The van der Waals surface area contributed by atoms with Crippen molar-refractivity contribution >= 4 is 44.2 Å². The molecule has 0 saturated heterocycles. The Labute approximate surface area is 208 Å². The Morgan fingerprint density at radius 1 is 1.03 bits per heavy atom. The van der Waals surface area contributed by atoms with Gasteiger partial charge in [-0.05, 0) is 54.1 Å². The monoisotopic (exact) mass is 536 g/mol. The van der Waals surface area contributed by atoms with E-state index in [1.54, 1.807) is 18.2 Å². The number of rotatable bonds is 7. The highest BCUT2D eigenvalue weighted by atomic mass is 35.5. The molecule has 12 heteroatoms. The number of hydrogen-bond donors (Lipinski definition) is 1. The number of alkyl halides is 3. The van der Waals surface area contributed by atoms with Gasteiger partial charge in [-0.2, -0.15) is 0 Å². The Kier molecular flexibility index (Phi) is 6.79. The second-order valence-corrected chi connectivity index (χ2v) is 9.81. The first kappa shape index (κ1) is 25.3. The molecular formula is C24H16ClF3N2O5S. The smallest absolute Gasteiger partial charge is 0.478 e. The molecule has 0 spiro atoms. The number of pyridine rings is 1. The number of ether oxygens (including phenoxy) is 1. The van der Waals surface area contributed by atoms with E-state index in [0.29, 0.717) is 21.4 Å². The zero-order valence-corrected chi connectivity index (χ0v) is 19.7. The molecule has 1 aromatic heterocycles. The minimum atomic E-state index is -4.87. The van der Waals surface area contributed by atoms with Gasteiger partial charge in [0.1, 0.15) is 11.6 Å². The molecule has 7 nitrogen and oxygen atoms in total. The number of sulfonamides is 1. The molecule has 0 fully saturated rings. The summed E-state index contributed by atoms with van der Waals surface area (Å²) in [6.07, 6.45) is -3.42. The van der Waals surface area contributed by atoms with Gasteiger partial charge in [0.25, 0.3) is 10.0 Å². The van der Waals surface area contributed by atoms with Gasteiger partial charge in [-0.3, -0.25) is 0 Å². The lowest BCUT2D eigenvalue weighted by Crippen LogP contribution is -2.31. The van der Waals surface area contributed by atoms with Gasteiger partial charge in [-0.1, -0.05) is 35.9 Å². The highest BCUT2D eigenvalue weighted by Gasteiger charge is 2.31. The van der Waals surface area contributed by atoms with Crippen LogP contribution in [0.5, 0.6) is 5.75 Å². The molecule has 0 aliphatic carbocycles. The third kappa shape index (κ3) is 5.52. The molecule has 186 valence electrons. The number of hydrogen-bond acceptors (Lipinski definition) is 5. The number of carboxylic acids is 1. The maximum Gasteiger partial charge on any atom is 0.573 e. The lowest BCUT2D eigenvalue weighted by Gasteiger charge is -2.24. The van der Waals surface area contributed by atoms with Crippen LogP contribution < -0.4 is 9.04 Å². The molecule has 0 atom stereocenters. The second kappa shape index (κ2) is 9.67. The Hall–Kier alpha value is -3.83. The van der Waals surface area contributed by atoms with Crippen LogP contribution >= 0.6 is 11.6 Å². The maximum absolute atomic E-state index is 13.6. The molecule has 0 amide bonds. The third-order valence-electron chi connectivity index (χ3n) is 5.12. The number of nitrogens with zero attached hydrogens (tertiary/aromatic N) is 2. The quantitative estimate of drug-likeness (QED) is 0.317. The first-order chi connectivity index (χ1) is 16.9. The number of anilines is 1. The Morgan fingerprint density at radius 3 is 2.31 bits per heavy atom. The normalized spacial score (nSPS) is 11.9. The molecule has 0 radical (unpaired) electrons. The van der Waals surface area contributed by atoms with E-state index < -0.39 is 28.1 Å². The van der Waals surface area contributed by atoms with Crippen molar-refractivity contribution in [3.63, 3.8) is 0 Å². The summed E-state index contributed by atoms with van der Waals surface area (Å²) in [7, 11) is -4.29. The number of carboxylic acid groups (broad SMARTS) is 1. The van der Waals surface area contributed by atoms with Crippen molar-refractivity contribution in [1.29, 1.82) is 0 Å². The molecule has 3 aromatic carbocycles. The Morgan fingerprint density at radius 2 is 1.69 bits per heavy atom. The molecule has 0 unspecified atom stereocenters. The number of aromatic carboxylic acids is 1. The van der Waals surface area contributed by atoms with Crippen molar-refractivity contribution in [2.24, 2.45) is 0 Å².